The molecule has 0 aliphatic heterocycles. The SMILES string of the molecule is C[NH+]([O-])N[NH+]([O-])ON. The number of nitrogens with one attached hydrogen (secondary N) is 3. The summed E-state index contributed by atoms with van der Waals surface area (Å²) in [5, 5.41) is 18.4. The molecule has 0 saturated carbocycles. The first-order valence-corrected chi connectivity index (χ1v) is 1.85. The Kier molecular flexibility index (Phi) is 3.56. The van der Waals surface area contributed by atoms with E-state index < -0.39 is 10.5 Å². The van der Waals surface area contributed by atoms with E-state index in [9.17, 15) is 10.4 Å². The lowest BCUT2D eigenvalue weighted by atomic mass is 11.5. The highest BCUT2D eigenvalue weighted by Crippen LogP contribution is 1.15. The van der Waals surface area contributed by atoms with Gasteiger partial charge < -0.3 is 10.4 Å². The molecule has 0 aromatic rings. The van der Waals surface area contributed by atoms with E-state index in [-0.39, 0.29) is 0 Å². The Bertz CT molecular complexity index is 57.2. The lowest BCUT2D eigenvalue weighted by Gasteiger charge is -2.21. The molecule has 0 amide bonds. The van der Waals surface area contributed by atoms with Crippen LogP contribution >= 0.6 is 0 Å². The van der Waals surface area contributed by atoms with E-state index in [2.05, 4.69) is 10.8 Å². The fourth-order valence-corrected chi connectivity index (χ4v) is 0.173. The Labute approximate surface area is 45.6 Å². The average Bonchev–Trinajstić information content (AvgIpc) is 1.65. The van der Waals surface area contributed by atoms with Crippen molar-refractivity contribution in [2.75, 3.05) is 7.05 Å². The summed E-state index contributed by atoms with van der Waals surface area (Å²) in [4.78, 5) is 3.59. The highest BCUT2D eigenvalue weighted by Gasteiger charge is 1.92. The molecule has 0 rings (SSSR count). The molecule has 0 heterocycles. The molecule has 7 heteroatoms. The van der Waals surface area contributed by atoms with Crippen LogP contribution in [0.3, 0.4) is 0 Å². The van der Waals surface area contributed by atoms with E-state index >= 15 is 0 Å². The van der Waals surface area contributed by atoms with Crippen molar-refractivity contribution < 1.29 is 15.4 Å². The molecule has 5 N–H and O–H groups in total. The summed E-state index contributed by atoms with van der Waals surface area (Å²) in [6, 6.07) is 0. The molecule has 2 unspecified atom stereocenters. The minimum absolute atomic E-state index is 0.500. The molecule has 0 saturated heterocycles. The van der Waals surface area contributed by atoms with Gasteiger partial charge in [-0.3, -0.25) is 0 Å². The summed E-state index contributed by atoms with van der Waals surface area (Å²) in [7, 11) is 1.18. The molecule has 50 valence electrons. The number of quaternary nitrogens is 2. The van der Waals surface area contributed by atoms with Gasteiger partial charge in [-0.05, 0) is 0 Å². The van der Waals surface area contributed by atoms with E-state index in [4.69, 9.17) is 0 Å². The zero-order chi connectivity index (χ0) is 6.57. The van der Waals surface area contributed by atoms with Gasteiger partial charge in [0.2, 0.25) is 0 Å². The molecule has 2 atom stereocenters. The van der Waals surface area contributed by atoms with E-state index in [0.29, 0.717) is 0 Å². The Morgan fingerprint density at radius 3 is 2.25 bits per heavy atom. The van der Waals surface area contributed by atoms with Gasteiger partial charge in [0.25, 0.3) is 0 Å². The number of rotatable bonds is 3. The van der Waals surface area contributed by atoms with Crippen LogP contribution in [0.5, 0.6) is 0 Å². The van der Waals surface area contributed by atoms with Crippen molar-refractivity contribution >= 4 is 0 Å². The van der Waals surface area contributed by atoms with Crippen molar-refractivity contribution in [1.29, 1.82) is 0 Å². The summed E-state index contributed by atoms with van der Waals surface area (Å²) >= 11 is 0. The lowest BCUT2D eigenvalue weighted by molar-refractivity contribution is -1.21. The highest BCUT2D eigenvalue weighted by atomic mass is 17.0. The number of hydrogen-bond donors (Lipinski definition) is 4. The fraction of sp³-hybridized carbons (Fsp3) is 1.00. The first-order chi connectivity index (χ1) is 3.66. The molecule has 0 fully saturated rings. The Balaban J connectivity index is 3.10. The molecular formula is CH8N4O3. The maximum atomic E-state index is 9.95. The molecular weight excluding hydrogens is 116 g/mol. The predicted octanol–water partition coefficient (Wildman–Crippen LogP) is -4.39. The fourth-order valence-electron chi connectivity index (χ4n) is 0.173. The van der Waals surface area contributed by atoms with Crippen LogP contribution in [0.25, 0.3) is 0 Å². The van der Waals surface area contributed by atoms with Crippen LogP contribution in [0, 0.1) is 10.4 Å². The van der Waals surface area contributed by atoms with E-state index in [1.54, 1.807) is 5.53 Å². The van der Waals surface area contributed by atoms with Crippen LogP contribution in [0.4, 0.5) is 0 Å². The molecule has 0 aromatic carbocycles. The minimum atomic E-state index is -0.947. The van der Waals surface area contributed by atoms with Crippen molar-refractivity contribution in [3.8, 4) is 0 Å². The molecule has 0 bridgehead atoms. The zero-order valence-electron chi connectivity index (χ0n) is 4.30. The van der Waals surface area contributed by atoms with Gasteiger partial charge in [0.1, 0.15) is 0 Å². The van der Waals surface area contributed by atoms with Gasteiger partial charge in [0, 0.05) is 5.53 Å². The Morgan fingerprint density at radius 2 is 2.12 bits per heavy atom. The van der Waals surface area contributed by atoms with E-state index in [1.807, 2.05) is 0 Å². The van der Waals surface area contributed by atoms with Gasteiger partial charge in [-0.25, -0.2) is 5.17 Å². The Morgan fingerprint density at radius 1 is 1.62 bits per heavy atom. The summed E-state index contributed by atoms with van der Waals surface area (Å²) < 4.78 is 0. The smallest absolute Gasteiger partial charge is 0.0881 e. The quantitative estimate of drug-likeness (QED) is 0.284. The van der Waals surface area contributed by atoms with E-state index in [0.717, 1.165) is 0 Å². The van der Waals surface area contributed by atoms with Gasteiger partial charge in [-0.15, -0.1) is 0 Å². The highest BCUT2D eigenvalue weighted by molar-refractivity contribution is 3.88. The molecule has 0 aliphatic carbocycles. The van der Waals surface area contributed by atoms with Crippen molar-refractivity contribution in [3.05, 3.63) is 10.4 Å². The van der Waals surface area contributed by atoms with Gasteiger partial charge in [0.15, 0.2) is 0 Å². The molecule has 0 spiro atoms. The van der Waals surface area contributed by atoms with Crippen LogP contribution in [-0.2, 0) is 4.94 Å². The van der Waals surface area contributed by atoms with Crippen LogP contribution in [-0.4, -0.2) is 7.05 Å². The number of hydroxylamine groups is 1. The van der Waals surface area contributed by atoms with E-state index in [1.165, 1.54) is 7.05 Å². The lowest BCUT2D eigenvalue weighted by Crippen LogP contribution is -3.34. The molecule has 7 nitrogen and oxygen atoms in total. The average molecular weight is 124 g/mol. The van der Waals surface area contributed by atoms with Gasteiger partial charge in [-0.1, -0.05) is 10.3 Å². The zero-order valence-corrected chi connectivity index (χ0v) is 4.30. The molecule has 0 aliphatic rings. The topological polar surface area (TPSA) is 102 Å². The summed E-state index contributed by atoms with van der Waals surface area (Å²) in [6.45, 7) is 0. The predicted molar refractivity (Wildman–Crippen MR) is 23.0 cm³/mol. The van der Waals surface area contributed by atoms with Crippen LogP contribution in [0.2, 0.25) is 0 Å². The second-order valence-corrected chi connectivity index (χ2v) is 1.09. The Hall–Kier alpha value is -0.280. The third-order valence-electron chi connectivity index (χ3n) is 0.385. The van der Waals surface area contributed by atoms with Gasteiger partial charge in [0.05, 0.1) is 7.05 Å². The second-order valence-electron chi connectivity index (χ2n) is 1.09. The third-order valence-corrected chi connectivity index (χ3v) is 0.385. The van der Waals surface area contributed by atoms with Crippen LogP contribution < -0.4 is 21.9 Å². The molecule has 0 aromatic heterocycles. The van der Waals surface area contributed by atoms with Gasteiger partial charge >= 0.3 is 0 Å². The first kappa shape index (κ1) is 7.72. The number of nitrogens with two attached hydrogens (primary N) is 1. The monoisotopic (exact) mass is 124 g/mol. The molecule has 8 heavy (non-hydrogen) atoms. The minimum Gasteiger partial charge on any atom is -0.609 e. The van der Waals surface area contributed by atoms with Gasteiger partial charge in [-0.2, -0.15) is 5.90 Å². The largest absolute Gasteiger partial charge is 0.609 e. The second kappa shape index (κ2) is 3.69. The van der Waals surface area contributed by atoms with Crippen molar-refractivity contribution in [3.63, 3.8) is 0 Å². The first-order valence-electron chi connectivity index (χ1n) is 1.85. The van der Waals surface area contributed by atoms with Crippen LogP contribution in [0.1, 0.15) is 0 Å². The normalized spacial score (nSPS) is 18.0. The van der Waals surface area contributed by atoms with Crippen molar-refractivity contribution in [1.82, 2.24) is 5.53 Å². The standard InChI is InChI=1S/CH8N4O3/c1-4(6)3-5(7)8-2/h3-5H,2H2,1H3. The van der Waals surface area contributed by atoms with Crippen molar-refractivity contribution in [2.24, 2.45) is 5.90 Å². The summed E-state index contributed by atoms with van der Waals surface area (Å²) in [5.74, 6) is 4.36. The third kappa shape index (κ3) is 3.89. The summed E-state index contributed by atoms with van der Waals surface area (Å²) in [6.07, 6.45) is 0. The summed E-state index contributed by atoms with van der Waals surface area (Å²) in [5.41, 5.74) is 1.77. The number of hydrogen-bond acceptors (Lipinski definition) is 5. The maximum absolute atomic E-state index is 9.95. The molecule has 0 radical (unpaired) electrons. The van der Waals surface area contributed by atoms with Crippen molar-refractivity contribution in [2.45, 2.75) is 0 Å². The maximum Gasteiger partial charge on any atom is 0.0881 e. The van der Waals surface area contributed by atoms with Crippen LogP contribution in [0.15, 0.2) is 0 Å².